The summed E-state index contributed by atoms with van der Waals surface area (Å²) in [6.07, 6.45) is 0. The normalized spacial score (nSPS) is 11.4. The van der Waals surface area contributed by atoms with Gasteiger partial charge in [-0.05, 0) is 25.1 Å². The molecule has 0 saturated heterocycles. The summed E-state index contributed by atoms with van der Waals surface area (Å²) in [7, 11) is 0. The van der Waals surface area contributed by atoms with E-state index >= 15 is 0 Å². The minimum Gasteiger partial charge on any atom is -0.340 e. The molecule has 0 aliphatic carbocycles. The van der Waals surface area contributed by atoms with Crippen LogP contribution < -0.4 is 16.2 Å². The highest BCUT2D eigenvalue weighted by atomic mass is 35.5. The van der Waals surface area contributed by atoms with Crippen LogP contribution in [0.15, 0.2) is 36.4 Å². The molecule has 0 aromatic heterocycles. The van der Waals surface area contributed by atoms with Gasteiger partial charge in [0.15, 0.2) is 0 Å². The third kappa shape index (κ3) is 5.46. The highest BCUT2D eigenvalue weighted by Crippen LogP contribution is 2.33. The topological polar surface area (TPSA) is 113 Å². The summed E-state index contributed by atoms with van der Waals surface area (Å²) < 4.78 is 0. The van der Waals surface area contributed by atoms with Crippen LogP contribution in [0.4, 0.5) is 11.4 Å². The second kappa shape index (κ2) is 8.90. The average Bonchev–Trinajstić information content (AvgIpc) is 2.60. The number of halogens is 3. The Kier molecular flexibility index (Phi) is 6.84. The molecule has 8 nitrogen and oxygen atoms in total. The zero-order valence-corrected chi connectivity index (χ0v) is 16.0. The lowest BCUT2D eigenvalue weighted by molar-refractivity contribution is -0.384. The van der Waals surface area contributed by atoms with E-state index in [2.05, 4.69) is 16.2 Å². The Morgan fingerprint density at radius 1 is 1.11 bits per heavy atom. The number of nitrogens with zero attached hydrogens (tertiary/aromatic N) is 1. The predicted octanol–water partition coefficient (Wildman–Crippen LogP) is 3.82. The molecule has 0 aliphatic rings. The van der Waals surface area contributed by atoms with Crippen molar-refractivity contribution in [2.75, 3.05) is 5.43 Å². The molecule has 0 fully saturated rings. The minimum absolute atomic E-state index is 0.0561. The maximum absolute atomic E-state index is 12.2. The summed E-state index contributed by atoms with van der Waals surface area (Å²) in [5, 5.41) is 13.9. The van der Waals surface area contributed by atoms with Crippen molar-refractivity contribution in [1.29, 1.82) is 0 Å². The standard InChI is InChI=1S/C16H13Cl3N4O4/c1-8(20-16(25)9-3-2-4-11(5-9)23(26)27)15(24)22-21-14-12(18)6-10(17)7-13(14)19/h2-8,21H,1H3,(H,20,25)(H,22,24). The maximum Gasteiger partial charge on any atom is 0.270 e. The number of nitro benzene ring substituents is 1. The average molecular weight is 432 g/mol. The lowest BCUT2D eigenvalue weighted by Gasteiger charge is -2.16. The van der Waals surface area contributed by atoms with Gasteiger partial charge in [0.1, 0.15) is 6.04 Å². The van der Waals surface area contributed by atoms with E-state index in [1.54, 1.807) is 0 Å². The van der Waals surface area contributed by atoms with E-state index in [-0.39, 0.29) is 27.0 Å². The number of rotatable bonds is 6. The van der Waals surface area contributed by atoms with Crippen LogP contribution in [-0.4, -0.2) is 22.8 Å². The van der Waals surface area contributed by atoms with Crippen LogP contribution in [0.1, 0.15) is 17.3 Å². The van der Waals surface area contributed by atoms with Gasteiger partial charge in [0, 0.05) is 22.7 Å². The quantitative estimate of drug-likeness (QED) is 0.475. The van der Waals surface area contributed by atoms with E-state index in [1.807, 2.05) is 0 Å². The number of carbonyl (C=O) groups is 2. The van der Waals surface area contributed by atoms with Crippen LogP contribution >= 0.6 is 34.8 Å². The Hall–Kier alpha value is -2.55. The molecular weight excluding hydrogens is 419 g/mol. The van der Waals surface area contributed by atoms with Crippen molar-refractivity contribution in [1.82, 2.24) is 10.7 Å². The second-order valence-electron chi connectivity index (χ2n) is 5.36. The van der Waals surface area contributed by atoms with Gasteiger partial charge in [-0.3, -0.25) is 30.6 Å². The van der Waals surface area contributed by atoms with Crippen LogP contribution in [0.2, 0.25) is 15.1 Å². The maximum atomic E-state index is 12.2. The molecule has 0 saturated carbocycles. The van der Waals surface area contributed by atoms with Crippen LogP contribution in [0.5, 0.6) is 0 Å². The van der Waals surface area contributed by atoms with Crippen molar-refractivity contribution in [2.45, 2.75) is 13.0 Å². The summed E-state index contributed by atoms with van der Waals surface area (Å²) in [5.41, 5.74) is 5.00. The van der Waals surface area contributed by atoms with Crippen LogP contribution in [0.25, 0.3) is 0 Å². The first kappa shape index (κ1) is 20.8. The molecule has 2 aromatic rings. The van der Waals surface area contributed by atoms with Gasteiger partial charge in [-0.2, -0.15) is 0 Å². The number of amides is 2. The van der Waals surface area contributed by atoms with Gasteiger partial charge in [0.2, 0.25) is 0 Å². The molecule has 2 rings (SSSR count). The first-order valence-electron chi connectivity index (χ1n) is 7.44. The second-order valence-corrected chi connectivity index (χ2v) is 6.61. The van der Waals surface area contributed by atoms with Gasteiger partial charge < -0.3 is 5.32 Å². The van der Waals surface area contributed by atoms with Gasteiger partial charge in [0.25, 0.3) is 17.5 Å². The summed E-state index contributed by atoms with van der Waals surface area (Å²) in [5.74, 6) is -1.22. The number of anilines is 1. The molecule has 2 amide bonds. The van der Waals surface area contributed by atoms with Gasteiger partial charge in [-0.15, -0.1) is 0 Å². The number of non-ortho nitro benzene ring substituents is 1. The van der Waals surface area contributed by atoms with Crippen molar-refractivity contribution in [3.63, 3.8) is 0 Å². The van der Waals surface area contributed by atoms with Crippen molar-refractivity contribution < 1.29 is 14.5 Å². The Balaban J connectivity index is 1.99. The zero-order chi connectivity index (χ0) is 20.1. The fraction of sp³-hybridized carbons (Fsp3) is 0.125. The fourth-order valence-electron chi connectivity index (χ4n) is 2.00. The molecule has 0 bridgehead atoms. The number of nitro groups is 1. The number of hydrogen-bond acceptors (Lipinski definition) is 5. The molecule has 0 spiro atoms. The van der Waals surface area contributed by atoms with Crippen LogP contribution in [0.3, 0.4) is 0 Å². The largest absolute Gasteiger partial charge is 0.340 e. The van der Waals surface area contributed by atoms with Crippen LogP contribution in [0, 0.1) is 10.1 Å². The smallest absolute Gasteiger partial charge is 0.270 e. The lowest BCUT2D eigenvalue weighted by atomic mass is 10.2. The van der Waals surface area contributed by atoms with Gasteiger partial charge in [0.05, 0.1) is 20.7 Å². The molecule has 1 atom stereocenters. The summed E-state index contributed by atoms with van der Waals surface area (Å²) >= 11 is 17.8. The zero-order valence-electron chi connectivity index (χ0n) is 13.8. The molecule has 0 aliphatic heterocycles. The predicted molar refractivity (Wildman–Crippen MR) is 103 cm³/mol. The number of benzene rings is 2. The molecule has 142 valence electrons. The first-order chi connectivity index (χ1) is 12.7. The first-order valence-corrected chi connectivity index (χ1v) is 8.58. The molecule has 0 radical (unpaired) electrons. The van der Waals surface area contributed by atoms with Gasteiger partial charge >= 0.3 is 0 Å². The number of hydrazine groups is 1. The van der Waals surface area contributed by atoms with Crippen molar-refractivity contribution >= 4 is 58.0 Å². The van der Waals surface area contributed by atoms with Crippen molar-refractivity contribution in [3.8, 4) is 0 Å². The van der Waals surface area contributed by atoms with E-state index in [4.69, 9.17) is 34.8 Å². The number of hydrogen-bond donors (Lipinski definition) is 3. The van der Waals surface area contributed by atoms with E-state index in [1.165, 1.54) is 37.3 Å². The Bertz CT molecular complexity index is 884. The molecular formula is C16H13Cl3N4O4. The van der Waals surface area contributed by atoms with Crippen molar-refractivity contribution in [3.05, 3.63) is 67.1 Å². The van der Waals surface area contributed by atoms with E-state index in [0.717, 1.165) is 6.07 Å². The molecule has 0 heterocycles. The van der Waals surface area contributed by atoms with Gasteiger partial charge in [-0.1, -0.05) is 40.9 Å². The monoisotopic (exact) mass is 430 g/mol. The fourth-order valence-corrected chi connectivity index (χ4v) is 2.91. The van der Waals surface area contributed by atoms with E-state index < -0.39 is 22.8 Å². The molecule has 2 aromatic carbocycles. The van der Waals surface area contributed by atoms with E-state index in [0.29, 0.717) is 5.02 Å². The minimum atomic E-state index is -0.950. The third-order valence-electron chi connectivity index (χ3n) is 3.38. The highest BCUT2D eigenvalue weighted by Gasteiger charge is 2.19. The number of carbonyl (C=O) groups excluding carboxylic acids is 2. The molecule has 27 heavy (non-hydrogen) atoms. The Labute approximate surface area is 168 Å². The highest BCUT2D eigenvalue weighted by molar-refractivity contribution is 6.41. The van der Waals surface area contributed by atoms with Gasteiger partial charge in [-0.25, -0.2) is 0 Å². The van der Waals surface area contributed by atoms with E-state index in [9.17, 15) is 19.7 Å². The van der Waals surface area contributed by atoms with Crippen LogP contribution in [-0.2, 0) is 4.79 Å². The Morgan fingerprint density at radius 3 is 2.33 bits per heavy atom. The Morgan fingerprint density at radius 2 is 1.74 bits per heavy atom. The summed E-state index contributed by atoms with van der Waals surface area (Å²) in [4.78, 5) is 34.5. The number of nitrogens with one attached hydrogen (secondary N) is 3. The summed E-state index contributed by atoms with van der Waals surface area (Å²) in [6, 6.07) is 7.09. The SMILES string of the molecule is CC(NC(=O)c1cccc([N+](=O)[O-])c1)C(=O)NNc1c(Cl)cc(Cl)cc1Cl. The third-order valence-corrected chi connectivity index (χ3v) is 4.19. The molecule has 11 heteroatoms. The molecule has 1 unspecified atom stereocenters. The lowest BCUT2D eigenvalue weighted by Crippen LogP contribution is -2.46. The molecule has 3 N–H and O–H groups in total. The van der Waals surface area contributed by atoms with Crippen molar-refractivity contribution in [2.24, 2.45) is 0 Å². The summed E-state index contributed by atoms with van der Waals surface area (Å²) in [6.45, 7) is 1.44.